The Morgan fingerprint density at radius 3 is 2.82 bits per heavy atom. The standard InChI is InChI=1S/C13H18BrNO2/c1-3-17-9-13(16)15-10(2)8-11-6-4-5-7-12(11)14/h4-7,10H,3,8-9H2,1-2H3,(H,15,16)/t10-/m1/s1. The lowest BCUT2D eigenvalue weighted by atomic mass is 10.1. The van der Waals surface area contributed by atoms with Gasteiger partial charge in [0.1, 0.15) is 6.61 Å². The molecule has 0 saturated carbocycles. The Balaban J connectivity index is 2.42. The Hall–Kier alpha value is -0.870. The van der Waals surface area contributed by atoms with Gasteiger partial charge in [0.05, 0.1) is 0 Å². The Labute approximate surface area is 111 Å². The minimum absolute atomic E-state index is 0.0635. The molecule has 0 fully saturated rings. The number of ether oxygens (including phenoxy) is 1. The second-order valence-corrected chi connectivity index (χ2v) is 4.76. The summed E-state index contributed by atoms with van der Waals surface area (Å²) in [6.07, 6.45) is 0.805. The van der Waals surface area contributed by atoms with Crippen LogP contribution in [0, 0.1) is 0 Å². The fraction of sp³-hybridized carbons (Fsp3) is 0.462. The number of halogens is 1. The van der Waals surface area contributed by atoms with E-state index in [2.05, 4.69) is 27.3 Å². The van der Waals surface area contributed by atoms with E-state index < -0.39 is 0 Å². The second kappa shape index (κ2) is 7.45. The second-order valence-electron chi connectivity index (χ2n) is 3.90. The summed E-state index contributed by atoms with van der Waals surface area (Å²) in [7, 11) is 0. The molecule has 1 N–H and O–H groups in total. The van der Waals surface area contributed by atoms with Gasteiger partial charge in [-0.25, -0.2) is 0 Å². The van der Waals surface area contributed by atoms with Crippen LogP contribution in [-0.4, -0.2) is 25.2 Å². The van der Waals surface area contributed by atoms with Crippen LogP contribution in [0.15, 0.2) is 28.7 Å². The first-order chi connectivity index (χ1) is 8.13. The van der Waals surface area contributed by atoms with Crippen molar-refractivity contribution in [2.45, 2.75) is 26.3 Å². The quantitative estimate of drug-likeness (QED) is 0.877. The summed E-state index contributed by atoms with van der Waals surface area (Å²) in [6.45, 7) is 4.56. The fourth-order valence-corrected chi connectivity index (χ4v) is 2.00. The minimum Gasteiger partial charge on any atom is -0.372 e. The van der Waals surface area contributed by atoms with E-state index in [4.69, 9.17) is 4.74 Å². The third kappa shape index (κ3) is 5.33. The van der Waals surface area contributed by atoms with E-state index in [0.717, 1.165) is 10.9 Å². The van der Waals surface area contributed by atoms with Gasteiger partial charge in [0.15, 0.2) is 0 Å². The van der Waals surface area contributed by atoms with E-state index in [0.29, 0.717) is 6.61 Å². The lowest BCUT2D eigenvalue weighted by Gasteiger charge is -2.14. The van der Waals surface area contributed by atoms with Crippen molar-refractivity contribution in [2.75, 3.05) is 13.2 Å². The smallest absolute Gasteiger partial charge is 0.246 e. The number of hydrogen-bond donors (Lipinski definition) is 1. The van der Waals surface area contributed by atoms with Crippen LogP contribution in [0.1, 0.15) is 19.4 Å². The van der Waals surface area contributed by atoms with Crippen LogP contribution in [0.5, 0.6) is 0 Å². The maximum Gasteiger partial charge on any atom is 0.246 e. The average molecular weight is 300 g/mol. The molecule has 0 aliphatic carbocycles. The van der Waals surface area contributed by atoms with Crippen LogP contribution in [-0.2, 0) is 16.0 Å². The van der Waals surface area contributed by atoms with Gasteiger partial charge in [-0.2, -0.15) is 0 Å². The summed E-state index contributed by atoms with van der Waals surface area (Å²) in [6, 6.07) is 8.13. The molecule has 0 saturated heterocycles. The molecular formula is C13H18BrNO2. The Bertz CT molecular complexity index is 368. The highest BCUT2D eigenvalue weighted by molar-refractivity contribution is 9.10. The first-order valence-corrected chi connectivity index (χ1v) is 6.53. The molecule has 0 aromatic heterocycles. The van der Waals surface area contributed by atoms with E-state index in [1.54, 1.807) is 0 Å². The van der Waals surface area contributed by atoms with Gasteiger partial charge in [0, 0.05) is 17.1 Å². The molecule has 1 rings (SSSR count). The summed E-state index contributed by atoms with van der Waals surface area (Å²) < 4.78 is 6.12. The Kier molecular flexibility index (Phi) is 6.22. The van der Waals surface area contributed by atoms with Gasteiger partial charge in [-0.1, -0.05) is 34.1 Å². The van der Waals surface area contributed by atoms with Crippen molar-refractivity contribution in [3.8, 4) is 0 Å². The van der Waals surface area contributed by atoms with Crippen LogP contribution in [0.4, 0.5) is 0 Å². The third-order valence-corrected chi connectivity index (χ3v) is 3.10. The van der Waals surface area contributed by atoms with E-state index in [1.807, 2.05) is 32.0 Å². The Morgan fingerprint density at radius 2 is 2.18 bits per heavy atom. The predicted molar refractivity (Wildman–Crippen MR) is 71.9 cm³/mol. The average Bonchev–Trinajstić information content (AvgIpc) is 2.29. The normalized spacial score (nSPS) is 12.2. The van der Waals surface area contributed by atoms with Crippen molar-refractivity contribution in [1.29, 1.82) is 0 Å². The summed E-state index contributed by atoms with van der Waals surface area (Å²) in [4.78, 5) is 11.4. The number of nitrogens with one attached hydrogen (secondary N) is 1. The maximum atomic E-state index is 11.4. The van der Waals surface area contributed by atoms with E-state index >= 15 is 0 Å². The van der Waals surface area contributed by atoms with Crippen molar-refractivity contribution in [2.24, 2.45) is 0 Å². The Morgan fingerprint density at radius 1 is 1.47 bits per heavy atom. The van der Waals surface area contributed by atoms with Crippen LogP contribution < -0.4 is 5.32 Å². The molecule has 1 aromatic rings. The number of benzene rings is 1. The molecule has 0 bridgehead atoms. The van der Waals surface area contributed by atoms with Crippen molar-refractivity contribution in [3.63, 3.8) is 0 Å². The molecule has 0 spiro atoms. The van der Waals surface area contributed by atoms with Crippen molar-refractivity contribution in [3.05, 3.63) is 34.3 Å². The van der Waals surface area contributed by atoms with Crippen LogP contribution in [0.25, 0.3) is 0 Å². The number of carbonyl (C=O) groups is 1. The first-order valence-electron chi connectivity index (χ1n) is 5.74. The van der Waals surface area contributed by atoms with Gasteiger partial charge in [-0.15, -0.1) is 0 Å². The van der Waals surface area contributed by atoms with Crippen LogP contribution in [0.2, 0.25) is 0 Å². The SMILES string of the molecule is CCOCC(=O)N[C@H](C)Cc1ccccc1Br. The molecule has 1 atom stereocenters. The van der Waals surface area contributed by atoms with Crippen LogP contribution >= 0.6 is 15.9 Å². The zero-order valence-electron chi connectivity index (χ0n) is 10.2. The third-order valence-electron chi connectivity index (χ3n) is 2.33. The molecule has 0 radical (unpaired) electrons. The van der Waals surface area contributed by atoms with Crippen molar-refractivity contribution >= 4 is 21.8 Å². The molecule has 94 valence electrons. The molecule has 3 nitrogen and oxygen atoms in total. The summed E-state index contributed by atoms with van der Waals surface area (Å²) >= 11 is 3.50. The van der Waals surface area contributed by atoms with Crippen molar-refractivity contribution in [1.82, 2.24) is 5.32 Å². The minimum atomic E-state index is -0.0635. The number of carbonyl (C=O) groups excluding carboxylic acids is 1. The fourth-order valence-electron chi connectivity index (χ4n) is 1.56. The predicted octanol–water partition coefficient (Wildman–Crippen LogP) is 2.53. The number of hydrogen-bond acceptors (Lipinski definition) is 2. The molecular weight excluding hydrogens is 282 g/mol. The molecule has 0 heterocycles. The number of amides is 1. The zero-order chi connectivity index (χ0) is 12.7. The van der Waals surface area contributed by atoms with Gasteiger partial charge in [-0.05, 0) is 31.9 Å². The highest BCUT2D eigenvalue weighted by atomic mass is 79.9. The highest BCUT2D eigenvalue weighted by Crippen LogP contribution is 2.17. The topological polar surface area (TPSA) is 38.3 Å². The summed E-state index contributed by atoms with van der Waals surface area (Å²) in [5.41, 5.74) is 1.19. The molecule has 1 amide bonds. The zero-order valence-corrected chi connectivity index (χ0v) is 11.8. The van der Waals surface area contributed by atoms with Crippen molar-refractivity contribution < 1.29 is 9.53 Å². The van der Waals surface area contributed by atoms with Crippen LogP contribution in [0.3, 0.4) is 0 Å². The van der Waals surface area contributed by atoms with Gasteiger partial charge in [-0.3, -0.25) is 4.79 Å². The van der Waals surface area contributed by atoms with Gasteiger partial charge < -0.3 is 10.1 Å². The van der Waals surface area contributed by atoms with E-state index in [9.17, 15) is 4.79 Å². The van der Waals surface area contributed by atoms with E-state index in [1.165, 1.54) is 5.56 Å². The molecule has 0 aliphatic rings. The van der Waals surface area contributed by atoms with E-state index in [-0.39, 0.29) is 18.6 Å². The molecule has 4 heteroatoms. The maximum absolute atomic E-state index is 11.4. The molecule has 0 unspecified atom stereocenters. The van der Waals surface area contributed by atoms with Gasteiger partial charge in [0.2, 0.25) is 5.91 Å². The number of rotatable bonds is 6. The molecule has 17 heavy (non-hydrogen) atoms. The summed E-state index contributed by atoms with van der Waals surface area (Å²) in [5, 5.41) is 2.91. The first kappa shape index (κ1) is 14.2. The van der Waals surface area contributed by atoms with Gasteiger partial charge in [0.25, 0.3) is 0 Å². The lowest BCUT2D eigenvalue weighted by molar-refractivity contribution is -0.126. The highest BCUT2D eigenvalue weighted by Gasteiger charge is 2.09. The monoisotopic (exact) mass is 299 g/mol. The summed E-state index contributed by atoms with van der Waals surface area (Å²) in [5.74, 6) is -0.0635. The molecule has 0 aliphatic heterocycles. The van der Waals surface area contributed by atoms with Gasteiger partial charge >= 0.3 is 0 Å². The largest absolute Gasteiger partial charge is 0.372 e. The lowest BCUT2D eigenvalue weighted by Crippen LogP contribution is -2.36. The molecule has 1 aromatic carbocycles.